The number of esters is 1. The smallest absolute Gasteiger partial charge is 0.323 e. The number of nitrogens with one attached hydrogen (secondary N) is 1. The van der Waals surface area contributed by atoms with E-state index >= 15 is 0 Å². The highest BCUT2D eigenvalue weighted by molar-refractivity contribution is 5.76. The molecule has 2 fully saturated rings. The molecule has 2 N–H and O–H groups in total. The molecule has 0 amide bonds. The zero-order valence-electron chi connectivity index (χ0n) is 10.7. The van der Waals surface area contributed by atoms with Crippen LogP contribution in [0.5, 0.6) is 0 Å². The zero-order valence-corrected chi connectivity index (χ0v) is 10.7. The number of hydrogen-bond acceptors (Lipinski definition) is 4. The minimum atomic E-state index is -0.405. The monoisotopic (exact) mass is 241 g/mol. The number of carbonyl (C=O) groups excluding carboxylic acids is 1. The van der Waals surface area contributed by atoms with Gasteiger partial charge in [-0.3, -0.25) is 4.79 Å². The van der Waals surface area contributed by atoms with Gasteiger partial charge in [0.05, 0.1) is 6.10 Å². The molecular formula is C13H23NO3. The fourth-order valence-electron chi connectivity index (χ4n) is 2.75. The molecule has 5 atom stereocenters. The van der Waals surface area contributed by atoms with E-state index in [4.69, 9.17) is 4.74 Å². The Labute approximate surface area is 103 Å². The Bertz CT molecular complexity index is 282. The molecule has 0 aromatic carbocycles. The van der Waals surface area contributed by atoms with Crippen LogP contribution in [-0.2, 0) is 9.53 Å². The summed E-state index contributed by atoms with van der Waals surface area (Å²) in [6, 6.07) is -0.306. The summed E-state index contributed by atoms with van der Waals surface area (Å²) in [5.74, 6) is 1.17. The van der Waals surface area contributed by atoms with Crippen LogP contribution in [0.3, 0.4) is 0 Å². The van der Waals surface area contributed by atoms with Gasteiger partial charge in [-0.05, 0) is 31.1 Å². The summed E-state index contributed by atoms with van der Waals surface area (Å²) in [4.78, 5) is 11.9. The normalized spacial score (nSPS) is 42.4. The van der Waals surface area contributed by atoms with Crippen molar-refractivity contribution in [3.63, 3.8) is 0 Å². The summed E-state index contributed by atoms with van der Waals surface area (Å²) < 4.78 is 5.53. The first-order valence-corrected chi connectivity index (χ1v) is 6.68. The fourth-order valence-corrected chi connectivity index (χ4v) is 2.75. The lowest BCUT2D eigenvalue weighted by Crippen LogP contribution is -2.37. The van der Waals surface area contributed by atoms with E-state index < -0.39 is 6.10 Å². The van der Waals surface area contributed by atoms with Gasteiger partial charge in [0.1, 0.15) is 12.1 Å². The Hall–Kier alpha value is -0.610. The summed E-state index contributed by atoms with van der Waals surface area (Å²) >= 11 is 0. The number of β-amino-alcohol motifs (C(OH)–C–C–N with tert-alkyl or cyclic N) is 1. The molecular weight excluding hydrogens is 218 g/mol. The van der Waals surface area contributed by atoms with Crippen LogP contribution < -0.4 is 5.32 Å². The van der Waals surface area contributed by atoms with Crippen molar-refractivity contribution in [3.05, 3.63) is 0 Å². The number of aliphatic hydroxyl groups excluding tert-OH is 1. The van der Waals surface area contributed by atoms with Crippen LogP contribution in [0.1, 0.15) is 39.5 Å². The predicted molar refractivity (Wildman–Crippen MR) is 64.5 cm³/mol. The van der Waals surface area contributed by atoms with Crippen molar-refractivity contribution in [2.24, 2.45) is 11.8 Å². The van der Waals surface area contributed by atoms with Crippen LogP contribution in [0.2, 0.25) is 0 Å². The fraction of sp³-hybridized carbons (Fsp3) is 0.923. The lowest BCUT2D eigenvalue weighted by molar-refractivity contribution is -0.154. The first kappa shape index (κ1) is 12.8. The first-order chi connectivity index (χ1) is 8.06. The van der Waals surface area contributed by atoms with Crippen LogP contribution in [0.4, 0.5) is 0 Å². The highest BCUT2D eigenvalue weighted by Crippen LogP contribution is 2.31. The van der Waals surface area contributed by atoms with Crippen molar-refractivity contribution in [2.45, 2.75) is 57.8 Å². The molecule has 0 spiro atoms. The van der Waals surface area contributed by atoms with Crippen LogP contribution >= 0.6 is 0 Å². The quantitative estimate of drug-likeness (QED) is 0.710. The molecule has 1 aliphatic carbocycles. The van der Waals surface area contributed by atoms with E-state index in [0.29, 0.717) is 18.9 Å². The highest BCUT2D eigenvalue weighted by atomic mass is 16.5. The lowest BCUT2D eigenvalue weighted by Gasteiger charge is -2.32. The summed E-state index contributed by atoms with van der Waals surface area (Å²) in [5, 5.41) is 12.4. The number of aliphatic hydroxyl groups is 1. The lowest BCUT2D eigenvalue weighted by atomic mass is 9.80. The minimum absolute atomic E-state index is 0.0771. The summed E-state index contributed by atoms with van der Waals surface area (Å²) in [5.41, 5.74) is 0. The van der Waals surface area contributed by atoms with Gasteiger partial charge in [-0.25, -0.2) is 0 Å². The summed E-state index contributed by atoms with van der Waals surface area (Å²) in [7, 11) is 0. The maximum Gasteiger partial charge on any atom is 0.323 e. The van der Waals surface area contributed by atoms with Crippen molar-refractivity contribution in [1.82, 2.24) is 5.32 Å². The highest BCUT2D eigenvalue weighted by Gasteiger charge is 2.33. The molecule has 2 aliphatic rings. The molecule has 17 heavy (non-hydrogen) atoms. The average Bonchev–Trinajstić information content (AvgIpc) is 2.70. The van der Waals surface area contributed by atoms with Crippen LogP contribution in [0, 0.1) is 11.8 Å². The second kappa shape index (κ2) is 5.36. The van der Waals surface area contributed by atoms with Crippen molar-refractivity contribution < 1.29 is 14.6 Å². The Kier molecular flexibility index (Phi) is 4.05. The molecule has 1 aliphatic heterocycles. The van der Waals surface area contributed by atoms with Gasteiger partial charge >= 0.3 is 5.97 Å². The third kappa shape index (κ3) is 3.19. The number of ether oxygens (including phenoxy) is 1. The number of carbonyl (C=O) groups is 1. The third-order valence-electron chi connectivity index (χ3n) is 4.23. The molecule has 1 saturated heterocycles. The van der Waals surface area contributed by atoms with Gasteiger partial charge in [-0.1, -0.05) is 13.8 Å². The molecule has 4 heteroatoms. The maximum absolute atomic E-state index is 11.9. The predicted octanol–water partition coefficient (Wildman–Crippen LogP) is 1.08. The molecule has 1 saturated carbocycles. The maximum atomic E-state index is 11.9. The summed E-state index contributed by atoms with van der Waals surface area (Å²) in [6.07, 6.45) is 3.25. The topological polar surface area (TPSA) is 58.6 Å². The van der Waals surface area contributed by atoms with Crippen molar-refractivity contribution in [3.8, 4) is 0 Å². The molecule has 1 heterocycles. The first-order valence-electron chi connectivity index (χ1n) is 6.68. The number of rotatable bonds is 2. The van der Waals surface area contributed by atoms with Crippen LogP contribution in [0.15, 0.2) is 0 Å². The van der Waals surface area contributed by atoms with Crippen LogP contribution in [-0.4, -0.2) is 35.9 Å². The Balaban J connectivity index is 1.79. The van der Waals surface area contributed by atoms with E-state index in [-0.39, 0.29) is 18.1 Å². The molecule has 0 aromatic heterocycles. The molecule has 3 unspecified atom stereocenters. The SMILES string of the molecule is CC1CCC(OC(=O)[C@H]2C[C@@H](O)CN2)CC1C. The number of hydrogen-bond donors (Lipinski definition) is 2. The van der Waals surface area contributed by atoms with Crippen LogP contribution in [0.25, 0.3) is 0 Å². The largest absolute Gasteiger partial charge is 0.461 e. The second-order valence-electron chi connectivity index (χ2n) is 5.68. The minimum Gasteiger partial charge on any atom is -0.461 e. The molecule has 0 bridgehead atoms. The van der Waals surface area contributed by atoms with E-state index in [1.807, 2.05) is 0 Å². The second-order valence-corrected chi connectivity index (χ2v) is 5.68. The van der Waals surface area contributed by atoms with E-state index in [0.717, 1.165) is 25.2 Å². The van der Waals surface area contributed by atoms with E-state index in [2.05, 4.69) is 19.2 Å². The Morgan fingerprint density at radius 3 is 2.59 bits per heavy atom. The van der Waals surface area contributed by atoms with Gasteiger partial charge in [-0.15, -0.1) is 0 Å². The van der Waals surface area contributed by atoms with E-state index in [9.17, 15) is 9.90 Å². The molecule has 4 nitrogen and oxygen atoms in total. The molecule has 0 radical (unpaired) electrons. The van der Waals surface area contributed by atoms with E-state index in [1.165, 1.54) is 0 Å². The third-order valence-corrected chi connectivity index (χ3v) is 4.23. The Morgan fingerprint density at radius 1 is 1.24 bits per heavy atom. The summed E-state index contributed by atoms with van der Waals surface area (Å²) in [6.45, 7) is 4.98. The van der Waals surface area contributed by atoms with Gasteiger partial charge in [0.2, 0.25) is 0 Å². The van der Waals surface area contributed by atoms with Gasteiger partial charge in [-0.2, -0.15) is 0 Å². The average molecular weight is 241 g/mol. The van der Waals surface area contributed by atoms with Gasteiger partial charge in [0, 0.05) is 13.0 Å². The zero-order chi connectivity index (χ0) is 12.4. The van der Waals surface area contributed by atoms with Gasteiger partial charge < -0.3 is 15.2 Å². The molecule has 2 rings (SSSR count). The van der Waals surface area contributed by atoms with E-state index in [1.54, 1.807) is 0 Å². The van der Waals surface area contributed by atoms with Crippen molar-refractivity contribution >= 4 is 5.97 Å². The standard InChI is InChI=1S/C13H23NO3/c1-8-3-4-11(5-9(8)2)17-13(16)12-6-10(15)7-14-12/h8-12,14-15H,3-7H2,1-2H3/t8?,9?,10-,11?,12-/m1/s1. The molecule has 0 aromatic rings. The Morgan fingerprint density at radius 2 is 2.00 bits per heavy atom. The van der Waals surface area contributed by atoms with Crippen molar-refractivity contribution in [2.75, 3.05) is 6.54 Å². The molecule has 98 valence electrons. The van der Waals surface area contributed by atoms with Gasteiger partial charge in [0.15, 0.2) is 0 Å². The van der Waals surface area contributed by atoms with Crippen molar-refractivity contribution in [1.29, 1.82) is 0 Å². The van der Waals surface area contributed by atoms with Gasteiger partial charge in [0.25, 0.3) is 0 Å².